The smallest absolute Gasteiger partial charge is 0.103 e. The highest BCUT2D eigenvalue weighted by molar-refractivity contribution is 5.98. The van der Waals surface area contributed by atoms with Crippen molar-refractivity contribution in [2.45, 2.75) is 0 Å². The number of aryl methyl sites for hydroxylation is 2. The predicted octanol–water partition coefficient (Wildman–Crippen LogP) is 3.58. The van der Waals surface area contributed by atoms with E-state index >= 15 is 0 Å². The number of hydrogen-bond acceptors (Lipinski definition) is 4. The molecular weight excluding hydrogens is 324 g/mol. The molecule has 0 atom stereocenters. The second kappa shape index (κ2) is 5.49. The Morgan fingerprint density at radius 1 is 0.885 bits per heavy atom. The Kier molecular flexibility index (Phi) is 3.12. The molecule has 0 saturated carbocycles. The van der Waals surface area contributed by atoms with Crippen LogP contribution in [0.3, 0.4) is 0 Å². The van der Waals surface area contributed by atoms with E-state index in [9.17, 15) is 0 Å². The van der Waals surface area contributed by atoms with Crippen molar-refractivity contribution in [2.24, 2.45) is 14.1 Å². The van der Waals surface area contributed by atoms with Crippen molar-refractivity contribution in [1.29, 1.82) is 0 Å². The highest BCUT2D eigenvalue weighted by Crippen LogP contribution is 2.32. The van der Waals surface area contributed by atoms with E-state index in [2.05, 4.69) is 39.3 Å². The van der Waals surface area contributed by atoms with Gasteiger partial charge in [0, 0.05) is 54.6 Å². The summed E-state index contributed by atoms with van der Waals surface area (Å²) in [6, 6.07) is 12.3. The Labute approximate surface area is 149 Å². The van der Waals surface area contributed by atoms with Crippen molar-refractivity contribution in [3.63, 3.8) is 0 Å². The lowest BCUT2D eigenvalue weighted by Gasteiger charge is -2.05. The summed E-state index contributed by atoms with van der Waals surface area (Å²) in [7, 11) is 3.87. The second-order valence-electron chi connectivity index (χ2n) is 6.34. The number of hydrogen-bond donors (Lipinski definition) is 0. The van der Waals surface area contributed by atoms with Crippen molar-refractivity contribution >= 4 is 21.8 Å². The first-order chi connectivity index (χ1) is 12.7. The minimum atomic E-state index is 0.881. The van der Waals surface area contributed by atoms with Gasteiger partial charge in [0.25, 0.3) is 0 Å². The van der Waals surface area contributed by atoms with Crippen LogP contribution in [0.25, 0.3) is 44.3 Å². The van der Waals surface area contributed by atoms with Crippen LogP contribution in [-0.4, -0.2) is 29.5 Å². The molecule has 6 nitrogen and oxygen atoms in total. The summed E-state index contributed by atoms with van der Waals surface area (Å²) in [4.78, 5) is 9.12. The van der Waals surface area contributed by atoms with Crippen molar-refractivity contribution in [3.8, 4) is 22.5 Å². The van der Waals surface area contributed by atoms with Crippen molar-refractivity contribution in [3.05, 3.63) is 61.2 Å². The van der Waals surface area contributed by atoms with E-state index in [0.717, 1.165) is 44.3 Å². The Balaban J connectivity index is 1.77. The van der Waals surface area contributed by atoms with E-state index in [1.807, 2.05) is 49.5 Å². The molecule has 26 heavy (non-hydrogen) atoms. The van der Waals surface area contributed by atoms with Gasteiger partial charge in [0.2, 0.25) is 0 Å². The topological polar surface area (TPSA) is 61.4 Å². The van der Waals surface area contributed by atoms with Crippen molar-refractivity contribution in [2.75, 3.05) is 0 Å². The molecule has 0 saturated heterocycles. The van der Waals surface area contributed by atoms with Gasteiger partial charge in [-0.25, -0.2) is 0 Å². The van der Waals surface area contributed by atoms with Crippen LogP contribution in [0.1, 0.15) is 0 Å². The average molecular weight is 340 g/mol. The SMILES string of the molecule is Cn1cc(-c2nn(C)c3ccc(-c4nccc5cccnc45)cc23)cn1. The number of pyridine rings is 2. The Hall–Kier alpha value is -3.54. The number of aromatic nitrogens is 6. The third-order valence-corrected chi connectivity index (χ3v) is 4.62. The van der Waals surface area contributed by atoms with Gasteiger partial charge >= 0.3 is 0 Å². The number of fused-ring (bicyclic) bond motifs is 2. The normalized spacial score (nSPS) is 11.5. The maximum Gasteiger partial charge on any atom is 0.103 e. The minimum Gasteiger partial charge on any atom is -0.275 e. The van der Waals surface area contributed by atoms with E-state index in [0.29, 0.717) is 0 Å². The highest BCUT2D eigenvalue weighted by Gasteiger charge is 2.14. The molecule has 0 radical (unpaired) electrons. The highest BCUT2D eigenvalue weighted by atomic mass is 15.3. The fourth-order valence-corrected chi connectivity index (χ4v) is 3.38. The summed E-state index contributed by atoms with van der Waals surface area (Å²) in [6.07, 6.45) is 7.45. The van der Waals surface area contributed by atoms with E-state index in [-0.39, 0.29) is 0 Å². The molecule has 4 aromatic heterocycles. The van der Waals surface area contributed by atoms with Crippen LogP contribution in [0.4, 0.5) is 0 Å². The fraction of sp³-hybridized carbons (Fsp3) is 0.100. The molecule has 0 amide bonds. The summed E-state index contributed by atoms with van der Waals surface area (Å²) in [5, 5.41) is 11.1. The lowest BCUT2D eigenvalue weighted by Crippen LogP contribution is -1.90. The van der Waals surface area contributed by atoms with Gasteiger partial charge in [-0.05, 0) is 24.3 Å². The third kappa shape index (κ3) is 2.19. The number of rotatable bonds is 2. The standard InChI is InChI=1S/C20H16N6/c1-25-12-15(11-23-25)18-16-10-14(5-6-17(16)26(2)24-18)20-19-13(7-9-22-20)4-3-8-21-19/h3-12H,1-2H3. The molecule has 0 N–H and O–H groups in total. The van der Waals surface area contributed by atoms with Gasteiger partial charge in [-0.1, -0.05) is 12.1 Å². The van der Waals surface area contributed by atoms with Gasteiger partial charge in [0.1, 0.15) is 5.69 Å². The first kappa shape index (κ1) is 14.8. The summed E-state index contributed by atoms with van der Waals surface area (Å²) >= 11 is 0. The molecule has 0 aliphatic carbocycles. The molecule has 1 aromatic carbocycles. The molecule has 5 aromatic rings. The lowest BCUT2D eigenvalue weighted by molar-refractivity contribution is 0.767. The Morgan fingerprint density at radius 3 is 2.65 bits per heavy atom. The lowest BCUT2D eigenvalue weighted by atomic mass is 10.0. The van der Waals surface area contributed by atoms with Crippen LogP contribution < -0.4 is 0 Å². The molecule has 0 aliphatic rings. The monoisotopic (exact) mass is 340 g/mol. The van der Waals surface area contributed by atoms with Crippen molar-refractivity contribution in [1.82, 2.24) is 29.5 Å². The van der Waals surface area contributed by atoms with Gasteiger partial charge in [-0.15, -0.1) is 0 Å². The van der Waals surface area contributed by atoms with Crippen LogP contribution in [0.5, 0.6) is 0 Å². The molecule has 5 rings (SSSR count). The van der Waals surface area contributed by atoms with Gasteiger partial charge in [0.05, 0.1) is 22.9 Å². The maximum atomic E-state index is 4.70. The largest absolute Gasteiger partial charge is 0.275 e. The summed E-state index contributed by atoms with van der Waals surface area (Å²) in [5.74, 6) is 0. The molecule has 0 spiro atoms. The number of nitrogens with zero attached hydrogens (tertiary/aromatic N) is 6. The quantitative estimate of drug-likeness (QED) is 0.493. The minimum absolute atomic E-state index is 0.881. The summed E-state index contributed by atoms with van der Waals surface area (Å²) in [6.45, 7) is 0. The van der Waals surface area contributed by atoms with Crippen LogP contribution >= 0.6 is 0 Å². The average Bonchev–Trinajstić information content (AvgIpc) is 3.24. The molecule has 126 valence electrons. The fourth-order valence-electron chi connectivity index (χ4n) is 3.38. The summed E-state index contributed by atoms with van der Waals surface area (Å²) in [5.41, 5.74) is 5.80. The number of benzene rings is 1. The van der Waals surface area contributed by atoms with E-state index in [1.54, 1.807) is 10.9 Å². The Bertz CT molecular complexity index is 1260. The zero-order valence-electron chi connectivity index (χ0n) is 14.5. The molecule has 4 heterocycles. The van der Waals surface area contributed by atoms with Gasteiger partial charge in [-0.2, -0.15) is 10.2 Å². The van der Waals surface area contributed by atoms with Crippen LogP contribution in [-0.2, 0) is 14.1 Å². The van der Waals surface area contributed by atoms with E-state index < -0.39 is 0 Å². The molecular formula is C20H16N6. The molecule has 0 bridgehead atoms. The van der Waals surface area contributed by atoms with Gasteiger partial charge in [-0.3, -0.25) is 19.3 Å². The van der Waals surface area contributed by atoms with Crippen LogP contribution in [0.2, 0.25) is 0 Å². The van der Waals surface area contributed by atoms with Crippen LogP contribution in [0, 0.1) is 0 Å². The zero-order chi connectivity index (χ0) is 17.7. The molecule has 0 fully saturated rings. The van der Waals surface area contributed by atoms with Crippen LogP contribution in [0.15, 0.2) is 61.2 Å². The first-order valence-electron chi connectivity index (χ1n) is 8.36. The molecule has 0 aliphatic heterocycles. The zero-order valence-corrected chi connectivity index (χ0v) is 14.5. The molecule has 0 unspecified atom stereocenters. The third-order valence-electron chi connectivity index (χ3n) is 4.62. The van der Waals surface area contributed by atoms with Crippen molar-refractivity contribution < 1.29 is 0 Å². The van der Waals surface area contributed by atoms with E-state index in [4.69, 9.17) is 5.10 Å². The van der Waals surface area contributed by atoms with Gasteiger partial charge < -0.3 is 0 Å². The Morgan fingerprint density at radius 2 is 1.81 bits per heavy atom. The molecule has 6 heteroatoms. The predicted molar refractivity (Wildman–Crippen MR) is 101 cm³/mol. The van der Waals surface area contributed by atoms with Gasteiger partial charge in [0.15, 0.2) is 0 Å². The first-order valence-corrected chi connectivity index (χ1v) is 8.36. The maximum absolute atomic E-state index is 4.70. The van der Waals surface area contributed by atoms with E-state index in [1.165, 1.54) is 0 Å². The summed E-state index contributed by atoms with van der Waals surface area (Å²) < 4.78 is 3.69. The second-order valence-corrected chi connectivity index (χ2v) is 6.34.